The molecule has 2 atom stereocenters. The topological polar surface area (TPSA) is 101 Å². The summed E-state index contributed by atoms with van der Waals surface area (Å²) in [5.41, 5.74) is 3.11. The number of aryl methyl sites for hydroxylation is 1. The SMILES string of the molecule is COc1ccc2nc(C)n(CC(=O)N3CCN(CC4CCOC4)C[C@H]3c3ncc(C#Cc4ccccn4)[nH]3)c2c1. The van der Waals surface area contributed by atoms with Crippen molar-refractivity contribution in [3.05, 3.63) is 71.8 Å². The van der Waals surface area contributed by atoms with Gasteiger partial charge in [0, 0.05) is 45.0 Å². The number of hydrogen-bond acceptors (Lipinski definition) is 7. The summed E-state index contributed by atoms with van der Waals surface area (Å²) >= 11 is 0. The van der Waals surface area contributed by atoms with Crippen molar-refractivity contribution in [2.24, 2.45) is 5.92 Å². The molecule has 40 heavy (non-hydrogen) atoms. The maximum atomic E-state index is 13.9. The van der Waals surface area contributed by atoms with Crippen LogP contribution in [0.4, 0.5) is 0 Å². The van der Waals surface area contributed by atoms with Crippen LogP contribution in [0.15, 0.2) is 48.8 Å². The van der Waals surface area contributed by atoms with Gasteiger partial charge < -0.3 is 23.9 Å². The van der Waals surface area contributed by atoms with Gasteiger partial charge in [0.25, 0.3) is 0 Å². The zero-order chi connectivity index (χ0) is 27.5. The molecule has 0 radical (unpaired) electrons. The molecule has 206 valence electrons. The lowest BCUT2D eigenvalue weighted by molar-refractivity contribution is -0.137. The smallest absolute Gasteiger partial charge is 0.243 e. The highest BCUT2D eigenvalue weighted by Crippen LogP contribution is 2.27. The first-order chi connectivity index (χ1) is 19.6. The van der Waals surface area contributed by atoms with Gasteiger partial charge in [-0.15, -0.1) is 0 Å². The predicted molar refractivity (Wildman–Crippen MR) is 150 cm³/mol. The predicted octanol–water partition coefficient (Wildman–Crippen LogP) is 2.79. The van der Waals surface area contributed by atoms with E-state index >= 15 is 0 Å². The van der Waals surface area contributed by atoms with E-state index < -0.39 is 0 Å². The first-order valence-electron chi connectivity index (χ1n) is 13.7. The summed E-state index contributed by atoms with van der Waals surface area (Å²) in [6, 6.07) is 11.2. The number of H-pyrrole nitrogens is 1. The Morgan fingerprint density at radius 3 is 2.92 bits per heavy atom. The summed E-state index contributed by atoms with van der Waals surface area (Å²) in [4.78, 5) is 35.3. The molecule has 6 rings (SSSR count). The molecule has 0 bridgehead atoms. The number of piperazine rings is 1. The van der Waals surface area contributed by atoms with Crippen LogP contribution in [0.3, 0.4) is 0 Å². The molecule has 0 spiro atoms. The summed E-state index contributed by atoms with van der Waals surface area (Å²) < 4.78 is 13.0. The second-order valence-electron chi connectivity index (χ2n) is 10.3. The van der Waals surface area contributed by atoms with E-state index in [1.165, 1.54) is 0 Å². The second kappa shape index (κ2) is 11.5. The summed E-state index contributed by atoms with van der Waals surface area (Å²) in [5.74, 6) is 9.00. The Labute approximate surface area is 233 Å². The molecule has 2 saturated heterocycles. The van der Waals surface area contributed by atoms with E-state index in [2.05, 4.69) is 36.7 Å². The number of nitrogens with one attached hydrogen (secondary N) is 1. The van der Waals surface area contributed by atoms with Gasteiger partial charge in [0.2, 0.25) is 5.91 Å². The molecule has 3 aromatic heterocycles. The van der Waals surface area contributed by atoms with E-state index in [-0.39, 0.29) is 18.5 Å². The van der Waals surface area contributed by atoms with Gasteiger partial charge in [-0.3, -0.25) is 9.69 Å². The van der Waals surface area contributed by atoms with Crippen LogP contribution in [-0.4, -0.2) is 86.7 Å². The summed E-state index contributed by atoms with van der Waals surface area (Å²) in [6.45, 7) is 6.82. The fourth-order valence-electron chi connectivity index (χ4n) is 5.54. The van der Waals surface area contributed by atoms with Crippen molar-refractivity contribution < 1.29 is 14.3 Å². The zero-order valence-electron chi connectivity index (χ0n) is 22.8. The number of aromatic amines is 1. The number of aromatic nitrogens is 5. The van der Waals surface area contributed by atoms with E-state index in [1.807, 2.05) is 52.8 Å². The lowest BCUT2D eigenvalue weighted by atomic mass is 10.1. The molecule has 1 N–H and O–H groups in total. The number of nitrogens with zero attached hydrogens (tertiary/aromatic N) is 6. The Morgan fingerprint density at radius 1 is 1.20 bits per heavy atom. The number of hydrogen-bond donors (Lipinski definition) is 1. The number of carbonyl (C=O) groups is 1. The first-order valence-corrected chi connectivity index (χ1v) is 13.7. The number of imidazole rings is 2. The molecular weight excluding hydrogens is 506 g/mol. The number of benzene rings is 1. The van der Waals surface area contributed by atoms with Crippen LogP contribution in [0.5, 0.6) is 5.75 Å². The van der Waals surface area contributed by atoms with Gasteiger partial charge in [-0.05, 0) is 55.4 Å². The average Bonchev–Trinajstić information content (AvgIpc) is 3.73. The third-order valence-corrected chi connectivity index (χ3v) is 7.67. The lowest BCUT2D eigenvalue weighted by Crippen LogP contribution is -2.52. The lowest BCUT2D eigenvalue weighted by Gasteiger charge is -2.41. The Hall–Kier alpha value is -4.20. The highest BCUT2D eigenvalue weighted by atomic mass is 16.5. The highest BCUT2D eigenvalue weighted by Gasteiger charge is 2.35. The number of fused-ring (bicyclic) bond motifs is 1. The molecule has 0 aliphatic carbocycles. The quantitative estimate of drug-likeness (QED) is 0.376. The van der Waals surface area contributed by atoms with E-state index in [0.29, 0.717) is 30.4 Å². The molecule has 1 aromatic carbocycles. The minimum absolute atomic E-state index is 0.0246. The van der Waals surface area contributed by atoms with Gasteiger partial charge in [0.1, 0.15) is 41.4 Å². The van der Waals surface area contributed by atoms with Crippen LogP contribution in [0.2, 0.25) is 0 Å². The number of amides is 1. The number of ether oxygens (including phenoxy) is 2. The maximum Gasteiger partial charge on any atom is 0.243 e. The van der Waals surface area contributed by atoms with Crippen molar-refractivity contribution >= 4 is 16.9 Å². The molecule has 5 heterocycles. The molecule has 10 heteroatoms. The van der Waals surface area contributed by atoms with Gasteiger partial charge in [0.15, 0.2) is 0 Å². The van der Waals surface area contributed by atoms with Crippen LogP contribution in [0.25, 0.3) is 11.0 Å². The van der Waals surface area contributed by atoms with Gasteiger partial charge in [-0.2, -0.15) is 0 Å². The van der Waals surface area contributed by atoms with Crippen molar-refractivity contribution in [2.45, 2.75) is 25.9 Å². The molecule has 1 amide bonds. The average molecular weight is 540 g/mol. The molecule has 1 unspecified atom stereocenters. The van der Waals surface area contributed by atoms with E-state index in [0.717, 1.165) is 61.2 Å². The highest BCUT2D eigenvalue weighted by molar-refractivity contribution is 5.82. The fraction of sp³-hybridized carbons (Fsp3) is 0.400. The van der Waals surface area contributed by atoms with Crippen molar-refractivity contribution in [1.82, 2.24) is 34.3 Å². The van der Waals surface area contributed by atoms with Crippen LogP contribution in [0, 0.1) is 24.7 Å². The van der Waals surface area contributed by atoms with Crippen LogP contribution in [0.1, 0.15) is 35.5 Å². The Bertz CT molecular complexity index is 1550. The molecular formula is C30H33N7O3. The van der Waals surface area contributed by atoms with Gasteiger partial charge >= 0.3 is 0 Å². The minimum atomic E-state index is -0.224. The normalized spacial score (nSPS) is 19.5. The molecule has 0 saturated carbocycles. The van der Waals surface area contributed by atoms with Gasteiger partial charge in [-0.1, -0.05) is 6.07 Å². The monoisotopic (exact) mass is 539 g/mol. The number of pyridine rings is 1. The van der Waals surface area contributed by atoms with Crippen LogP contribution < -0.4 is 4.74 Å². The van der Waals surface area contributed by atoms with Crippen molar-refractivity contribution in [3.8, 4) is 17.6 Å². The standard InChI is InChI=1S/C30H33N7O3/c1-21-33-26-9-8-25(39-2)15-27(26)37(21)19-29(38)36-13-12-35(17-22-10-14-40-20-22)18-28(36)30-32-16-24(34-30)7-6-23-5-3-4-11-31-23/h3-5,8-9,11,15-16,22,28H,10,12-14,17-20H2,1-2H3,(H,32,34)/t22?,28-/m0/s1. The second-order valence-corrected chi connectivity index (χ2v) is 10.3. The fourth-order valence-corrected chi connectivity index (χ4v) is 5.54. The zero-order valence-corrected chi connectivity index (χ0v) is 22.8. The van der Waals surface area contributed by atoms with E-state index in [4.69, 9.17) is 9.47 Å². The van der Waals surface area contributed by atoms with Crippen molar-refractivity contribution in [3.63, 3.8) is 0 Å². The summed E-state index contributed by atoms with van der Waals surface area (Å²) in [6.07, 6.45) is 4.53. The Kier molecular flexibility index (Phi) is 7.49. The minimum Gasteiger partial charge on any atom is -0.497 e. The van der Waals surface area contributed by atoms with E-state index in [1.54, 1.807) is 19.5 Å². The number of carbonyl (C=O) groups excluding carboxylic acids is 1. The Morgan fingerprint density at radius 2 is 2.12 bits per heavy atom. The third-order valence-electron chi connectivity index (χ3n) is 7.67. The third kappa shape index (κ3) is 5.57. The van der Waals surface area contributed by atoms with E-state index in [9.17, 15) is 4.79 Å². The summed E-state index contributed by atoms with van der Waals surface area (Å²) in [5, 5.41) is 0. The molecule has 4 aromatic rings. The summed E-state index contributed by atoms with van der Waals surface area (Å²) in [7, 11) is 1.64. The molecule has 2 aliphatic heterocycles. The van der Waals surface area contributed by atoms with Crippen LogP contribution >= 0.6 is 0 Å². The maximum absolute atomic E-state index is 13.9. The van der Waals surface area contributed by atoms with Gasteiger partial charge in [-0.25, -0.2) is 15.0 Å². The largest absolute Gasteiger partial charge is 0.497 e. The molecule has 2 aliphatic rings. The molecule has 10 nitrogen and oxygen atoms in total. The van der Waals surface area contributed by atoms with Crippen molar-refractivity contribution in [1.29, 1.82) is 0 Å². The number of rotatable bonds is 6. The van der Waals surface area contributed by atoms with Crippen LogP contribution in [-0.2, 0) is 16.1 Å². The number of methoxy groups -OCH3 is 1. The van der Waals surface area contributed by atoms with Gasteiger partial charge in [0.05, 0.1) is 30.9 Å². The van der Waals surface area contributed by atoms with Crippen molar-refractivity contribution in [2.75, 3.05) is 46.5 Å². The molecule has 2 fully saturated rings. The Balaban J connectivity index is 1.25. The first kappa shape index (κ1) is 26.0.